The van der Waals surface area contributed by atoms with Crippen molar-refractivity contribution in [3.63, 3.8) is 0 Å². The number of hydrogen-bond acceptors (Lipinski definition) is 3. The number of rotatable bonds is 5. The van der Waals surface area contributed by atoms with Gasteiger partial charge in [-0.05, 0) is 198 Å². The second kappa shape index (κ2) is 15.9. The Balaban J connectivity index is 1.13. The molecule has 2 aliphatic heterocycles. The van der Waals surface area contributed by atoms with Gasteiger partial charge in [0, 0.05) is 50.9 Å². The minimum atomic E-state index is -0.275. The maximum absolute atomic E-state index is 2.70. The van der Waals surface area contributed by atoms with Crippen LogP contribution < -0.4 is 31.1 Å². The van der Waals surface area contributed by atoms with Gasteiger partial charge in [-0.1, -0.05) is 175 Å². The zero-order valence-electron chi connectivity index (χ0n) is 47.1. The lowest BCUT2D eigenvalue weighted by molar-refractivity contribution is 0.332. The van der Waals surface area contributed by atoms with E-state index in [1.54, 1.807) is 0 Å². The van der Waals surface area contributed by atoms with E-state index in [1.165, 1.54) is 119 Å². The molecule has 0 spiro atoms. The van der Waals surface area contributed by atoms with Gasteiger partial charge in [0.25, 0.3) is 6.71 Å². The van der Waals surface area contributed by atoms with Crippen molar-refractivity contribution >= 4 is 74.3 Å². The van der Waals surface area contributed by atoms with E-state index in [0.717, 1.165) is 23.5 Å². The van der Waals surface area contributed by atoms with Crippen LogP contribution in [0.15, 0.2) is 158 Å². The Kier molecular flexibility index (Phi) is 10.1. The molecule has 3 nitrogen and oxygen atoms in total. The normalized spacial score (nSPS) is 18.3. The number of nitrogens with zero attached hydrogens (tertiary/aromatic N) is 3. The smallest absolute Gasteiger partial charge is 0.252 e. The Morgan fingerprint density at radius 2 is 1.04 bits per heavy atom. The Hall–Kier alpha value is -6.78. The standard InChI is InChI=1S/C71H74BN3/c1-44-36-62-65-63(37-44)75(59-27-21-26-51-50-31-28-45(66(2,3)4)38-53(50)71(13,14)64(51)59)60-40-49(73(46-22-17-15-18-23-46)47-24-19-16-20-25-47)30-33-57(60)72(65)58-41-55-56(70(11,12)43-69(55,9)10)42-61(58)74(62)48-29-32-52-54(39-48)68(7,8)35-34-67(52,5)6/h15-33,36-42H,34-35,43H2,1-14H3. The van der Waals surface area contributed by atoms with Gasteiger partial charge in [0.05, 0.1) is 5.69 Å². The van der Waals surface area contributed by atoms with Crippen molar-refractivity contribution in [2.45, 2.75) is 149 Å². The zero-order chi connectivity index (χ0) is 52.5. The van der Waals surface area contributed by atoms with Gasteiger partial charge in [-0.15, -0.1) is 0 Å². The molecule has 8 aromatic carbocycles. The highest BCUT2D eigenvalue weighted by Gasteiger charge is 2.50. The largest absolute Gasteiger partial charge is 0.311 e. The van der Waals surface area contributed by atoms with Crippen molar-refractivity contribution in [2.24, 2.45) is 0 Å². The monoisotopic (exact) mass is 980 g/mol. The maximum Gasteiger partial charge on any atom is 0.252 e. The molecule has 0 unspecified atom stereocenters. The third-order valence-electron chi connectivity index (χ3n) is 18.8. The summed E-state index contributed by atoms with van der Waals surface area (Å²) in [5.41, 5.74) is 29.1. The zero-order valence-corrected chi connectivity index (χ0v) is 47.1. The average molecular weight is 980 g/mol. The van der Waals surface area contributed by atoms with Gasteiger partial charge < -0.3 is 14.7 Å². The molecule has 3 aliphatic carbocycles. The Bertz CT molecular complexity index is 3640. The lowest BCUT2D eigenvalue weighted by Gasteiger charge is -2.46. The van der Waals surface area contributed by atoms with Crippen molar-refractivity contribution in [3.8, 4) is 11.1 Å². The lowest BCUT2D eigenvalue weighted by atomic mass is 9.33. The van der Waals surface area contributed by atoms with Gasteiger partial charge in [-0.25, -0.2) is 0 Å². The SMILES string of the molecule is Cc1cc2c3c(c1)N(c1cccc4c1C(C)(C)c1cc(C(C)(C)C)ccc1-4)c1cc(N(c4ccccc4)c4ccccc4)ccc1B3c1cc3c(cc1N2c1ccc2c(c1)C(C)(C)CCC2(C)C)C(C)(C)CC3(C)C. The van der Waals surface area contributed by atoms with Crippen LogP contribution in [0.3, 0.4) is 0 Å². The molecule has 0 N–H and O–H groups in total. The molecule has 75 heavy (non-hydrogen) atoms. The van der Waals surface area contributed by atoms with E-state index < -0.39 is 0 Å². The van der Waals surface area contributed by atoms with E-state index in [9.17, 15) is 0 Å². The van der Waals surface area contributed by atoms with Crippen LogP contribution in [0.4, 0.5) is 51.2 Å². The van der Waals surface area contributed by atoms with Crippen molar-refractivity contribution in [3.05, 3.63) is 202 Å². The summed E-state index contributed by atoms with van der Waals surface area (Å²) in [6.45, 7) is 34.0. The quantitative estimate of drug-likeness (QED) is 0.159. The van der Waals surface area contributed by atoms with Crippen LogP contribution in [0, 0.1) is 6.92 Å². The van der Waals surface area contributed by atoms with Gasteiger partial charge in [0.15, 0.2) is 0 Å². The van der Waals surface area contributed by atoms with Crippen LogP contribution in [0.1, 0.15) is 154 Å². The summed E-state index contributed by atoms with van der Waals surface area (Å²) in [5.74, 6) is 0. The molecular weight excluding hydrogens is 906 g/mol. The third kappa shape index (κ3) is 7.06. The van der Waals surface area contributed by atoms with Gasteiger partial charge in [0.2, 0.25) is 0 Å². The van der Waals surface area contributed by atoms with Crippen LogP contribution in [0.25, 0.3) is 11.1 Å². The molecule has 0 aromatic heterocycles. The second-order valence-corrected chi connectivity index (χ2v) is 27.3. The summed E-state index contributed by atoms with van der Waals surface area (Å²) in [7, 11) is 0. The van der Waals surface area contributed by atoms with Crippen molar-refractivity contribution in [1.29, 1.82) is 0 Å². The molecule has 0 bridgehead atoms. The summed E-state index contributed by atoms with van der Waals surface area (Å²) >= 11 is 0. The fourth-order valence-electron chi connectivity index (χ4n) is 15.1. The summed E-state index contributed by atoms with van der Waals surface area (Å²) < 4.78 is 0. The van der Waals surface area contributed by atoms with E-state index in [2.05, 4.69) is 269 Å². The number of hydrogen-bond donors (Lipinski definition) is 0. The molecule has 5 aliphatic rings. The minimum absolute atomic E-state index is 0.0156. The molecular formula is C71H74BN3. The Morgan fingerprint density at radius 1 is 0.440 bits per heavy atom. The molecule has 13 rings (SSSR count). The van der Waals surface area contributed by atoms with E-state index >= 15 is 0 Å². The average Bonchev–Trinajstić information content (AvgIpc) is 3.71. The van der Waals surface area contributed by atoms with Gasteiger partial charge >= 0.3 is 0 Å². The van der Waals surface area contributed by atoms with Gasteiger partial charge in [-0.2, -0.15) is 0 Å². The van der Waals surface area contributed by atoms with E-state index in [4.69, 9.17) is 0 Å². The second-order valence-electron chi connectivity index (χ2n) is 27.3. The molecule has 0 atom stereocenters. The first-order valence-corrected chi connectivity index (χ1v) is 27.9. The highest BCUT2D eigenvalue weighted by molar-refractivity contribution is 7.00. The number of aryl methyl sites for hydroxylation is 1. The fourth-order valence-corrected chi connectivity index (χ4v) is 15.1. The number of fused-ring (bicyclic) bond motifs is 9. The highest BCUT2D eigenvalue weighted by Crippen LogP contribution is 2.58. The summed E-state index contributed by atoms with van der Waals surface area (Å²) in [6.07, 6.45) is 3.47. The van der Waals surface area contributed by atoms with E-state index in [-0.39, 0.29) is 39.2 Å². The van der Waals surface area contributed by atoms with Crippen molar-refractivity contribution in [2.75, 3.05) is 14.7 Å². The summed E-state index contributed by atoms with van der Waals surface area (Å²) in [6, 6.07) is 61.6. The molecule has 0 radical (unpaired) electrons. The summed E-state index contributed by atoms with van der Waals surface area (Å²) in [5, 5.41) is 0. The predicted molar refractivity (Wildman–Crippen MR) is 322 cm³/mol. The van der Waals surface area contributed by atoms with Gasteiger partial charge in [-0.3, -0.25) is 0 Å². The van der Waals surface area contributed by atoms with Crippen molar-refractivity contribution < 1.29 is 0 Å². The number of anilines is 9. The molecule has 0 amide bonds. The van der Waals surface area contributed by atoms with Crippen LogP contribution in [0.5, 0.6) is 0 Å². The topological polar surface area (TPSA) is 9.72 Å². The maximum atomic E-state index is 2.70. The van der Waals surface area contributed by atoms with E-state index in [0.29, 0.717) is 0 Å². The molecule has 8 aromatic rings. The first-order valence-electron chi connectivity index (χ1n) is 27.9. The number of para-hydroxylation sites is 2. The molecule has 376 valence electrons. The fraction of sp³-hybridized carbons (Fsp3) is 0.324. The minimum Gasteiger partial charge on any atom is -0.311 e. The van der Waals surface area contributed by atoms with E-state index in [1.807, 2.05) is 0 Å². The molecule has 2 heterocycles. The number of benzene rings is 8. The molecule has 0 saturated heterocycles. The Labute approximate surface area is 448 Å². The van der Waals surface area contributed by atoms with Crippen LogP contribution in [0.2, 0.25) is 0 Å². The first kappa shape index (κ1) is 47.9. The van der Waals surface area contributed by atoms with Crippen LogP contribution in [-0.4, -0.2) is 6.71 Å². The molecule has 4 heteroatoms. The van der Waals surface area contributed by atoms with Crippen LogP contribution in [-0.2, 0) is 32.5 Å². The first-order chi connectivity index (χ1) is 35.5. The highest BCUT2D eigenvalue weighted by atomic mass is 15.2. The third-order valence-corrected chi connectivity index (χ3v) is 18.8. The Morgan fingerprint density at radius 3 is 1.69 bits per heavy atom. The lowest BCUT2D eigenvalue weighted by Crippen LogP contribution is -2.61. The predicted octanol–water partition coefficient (Wildman–Crippen LogP) is 17.5. The molecule has 0 saturated carbocycles. The van der Waals surface area contributed by atoms with Gasteiger partial charge in [0.1, 0.15) is 0 Å². The van der Waals surface area contributed by atoms with Crippen molar-refractivity contribution in [1.82, 2.24) is 0 Å². The van der Waals surface area contributed by atoms with Crippen LogP contribution >= 0.6 is 0 Å². The molecule has 0 fully saturated rings. The summed E-state index contributed by atoms with van der Waals surface area (Å²) in [4.78, 5) is 7.84.